The SMILES string of the molecule is CC1CCC(N)C(CN2CCCC(CO)C2)C1. The van der Waals surface area contributed by atoms with Gasteiger partial charge in [-0.2, -0.15) is 0 Å². The summed E-state index contributed by atoms with van der Waals surface area (Å²) in [6.07, 6.45) is 6.23. The van der Waals surface area contributed by atoms with E-state index in [0.29, 0.717) is 24.5 Å². The molecule has 1 heterocycles. The fourth-order valence-electron chi connectivity index (χ4n) is 3.53. The average Bonchev–Trinajstić information content (AvgIpc) is 2.34. The Bertz CT molecular complexity index is 234. The number of piperidine rings is 1. The molecule has 0 spiro atoms. The van der Waals surface area contributed by atoms with Gasteiger partial charge in [0, 0.05) is 25.7 Å². The van der Waals surface area contributed by atoms with Crippen LogP contribution in [-0.4, -0.2) is 42.3 Å². The lowest BCUT2D eigenvalue weighted by Crippen LogP contribution is -2.46. The van der Waals surface area contributed by atoms with Crippen molar-refractivity contribution in [1.82, 2.24) is 4.90 Å². The summed E-state index contributed by atoms with van der Waals surface area (Å²) in [5.41, 5.74) is 6.25. The maximum atomic E-state index is 9.26. The first-order chi connectivity index (χ1) is 8.19. The summed E-state index contributed by atoms with van der Waals surface area (Å²) < 4.78 is 0. The van der Waals surface area contributed by atoms with Crippen LogP contribution in [0.2, 0.25) is 0 Å². The Labute approximate surface area is 105 Å². The summed E-state index contributed by atoms with van der Waals surface area (Å²) in [7, 11) is 0. The highest BCUT2D eigenvalue weighted by Gasteiger charge is 2.29. The Hall–Kier alpha value is -0.120. The van der Waals surface area contributed by atoms with Gasteiger partial charge in [-0.15, -0.1) is 0 Å². The van der Waals surface area contributed by atoms with Gasteiger partial charge in [-0.05, 0) is 56.4 Å². The molecule has 2 rings (SSSR count). The van der Waals surface area contributed by atoms with E-state index in [-0.39, 0.29) is 0 Å². The first-order valence-electron chi connectivity index (χ1n) is 7.27. The van der Waals surface area contributed by atoms with Gasteiger partial charge < -0.3 is 15.7 Å². The predicted molar refractivity (Wildman–Crippen MR) is 70.7 cm³/mol. The van der Waals surface area contributed by atoms with E-state index in [9.17, 15) is 5.11 Å². The monoisotopic (exact) mass is 240 g/mol. The number of hydrogen-bond donors (Lipinski definition) is 2. The second-order valence-electron chi connectivity index (χ2n) is 6.29. The predicted octanol–water partition coefficient (Wildman–Crippen LogP) is 1.45. The minimum atomic E-state index is 0.351. The Morgan fingerprint density at radius 3 is 2.88 bits per heavy atom. The molecular formula is C14H28N2O. The lowest BCUT2D eigenvalue weighted by molar-refractivity contribution is 0.0903. The van der Waals surface area contributed by atoms with Crippen LogP contribution in [0.3, 0.4) is 0 Å². The molecule has 3 heteroatoms. The second-order valence-corrected chi connectivity index (χ2v) is 6.29. The zero-order valence-corrected chi connectivity index (χ0v) is 11.1. The number of aliphatic hydroxyl groups is 1. The van der Waals surface area contributed by atoms with Gasteiger partial charge in [-0.25, -0.2) is 0 Å². The minimum Gasteiger partial charge on any atom is -0.396 e. The number of aliphatic hydroxyl groups excluding tert-OH is 1. The third kappa shape index (κ3) is 3.67. The first kappa shape index (κ1) is 13.3. The summed E-state index contributed by atoms with van der Waals surface area (Å²) in [5, 5.41) is 9.26. The summed E-state index contributed by atoms with van der Waals surface area (Å²) >= 11 is 0. The van der Waals surface area contributed by atoms with Crippen molar-refractivity contribution in [3.63, 3.8) is 0 Å². The minimum absolute atomic E-state index is 0.351. The fraction of sp³-hybridized carbons (Fsp3) is 1.00. The van der Waals surface area contributed by atoms with E-state index in [1.165, 1.54) is 38.6 Å². The maximum absolute atomic E-state index is 9.26. The highest BCUT2D eigenvalue weighted by Crippen LogP contribution is 2.29. The summed E-state index contributed by atoms with van der Waals surface area (Å²) in [4.78, 5) is 2.53. The fourth-order valence-corrected chi connectivity index (χ4v) is 3.53. The van der Waals surface area contributed by atoms with Gasteiger partial charge >= 0.3 is 0 Å². The van der Waals surface area contributed by atoms with Crippen molar-refractivity contribution in [3.8, 4) is 0 Å². The normalized spacial score (nSPS) is 40.4. The van der Waals surface area contributed by atoms with Crippen molar-refractivity contribution in [3.05, 3.63) is 0 Å². The lowest BCUT2D eigenvalue weighted by Gasteiger charge is -2.39. The number of rotatable bonds is 3. The molecule has 2 fully saturated rings. The summed E-state index contributed by atoms with van der Waals surface area (Å²) in [6, 6.07) is 0.403. The molecule has 0 aromatic carbocycles. The van der Waals surface area contributed by atoms with Crippen molar-refractivity contribution >= 4 is 0 Å². The molecule has 17 heavy (non-hydrogen) atoms. The quantitative estimate of drug-likeness (QED) is 0.785. The van der Waals surface area contributed by atoms with Crippen LogP contribution in [-0.2, 0) is 0 Å². The molecule has 0 bridgehead atoms. The standard InChI is InChI=1S/C14H28N2O/c1-11-4-5-14(15)13(7-11)9-16-6-2-3-12(8-16)10-17/h11-14,17H,2-10,15H2,1H3. The molecule has 3 N–H and O–H groups in total. The Morgan fingerprint density at radius 2 is 2.12 bits per heavy atom. The van der Waals surface area contributed by atoms with Gasteiger partial charge in [-0.3, -0.25) is 0 Å². The highest BCUT2D eigenvalue weighted by atomic mass is 16.3. The van der Waals surface area contributed by atoms with Gasteiger partial charge in [0.15, 0.2) is 0 Å². The Morgan fingerprint density at radius 1 is 1.29 bits per heavy atom. The Kier molecular flexibility index (Phi) is 4.83. The molecule has 1 aliphatic carbocycles. The van der Waals surface area contributed by atoms with E-state index in [0.717, 1.165) is 19.0 Å². The Balaban J connectivity index is 1.82. The molecule has 4 unspecified atom stereocenters. The molecule has 1 aliphatic heterocycles. The molecule has 100 valence electrons. The highest BCUT2D eigenvalue weighted by molar-refractivity contribution is 4.84. The van der Waals surface area contributed by atoms with E-state index in [1.54, 1.807) is 0 Å². The molecule has 1 saturated carbocycles. The van der Waals surface area contributed by atoms with Crippen LogP contribution >= 0.6 is 0 Å². The van der Waals surface area contributed by atoms with Crippen LogP contribution in [0, 0.1) is 17.8 Å². The number of nitrogens with two attached hydrogens (primary N) is 1. The molecule has 3 nitrogen and oxygen atoms in total. The molecule has 0 radical (unpaired) electrons. The molecular weight excluding hydrogens is 212 g/mol. The van der Waals surface area contributed by atoms with Crippen LogP contribution in [0.1, 0.15) is 39.0 Å². The largest absolute Gasteiger partial charge is 0.396 e. The van der Waals surface area contributed by atoms with Gasteiger partial charge in [0.05, 0.1) is 0 Å². The number of likely N-dealkylation sites (tertiary alicyclic amines) is 1. The van der Waals surface area contributed by atoms with E-state index in [1.807, 2.05) is 0 Å². The van der Waals surface area contributed by atoms with Gasteiger partial charge in [-0.1, -0.05) is 6.92 Å². The summed E-state index contributed by atoms with van der Waals surface area (Å²) in [5.74, 6) is 2.02. The first-order valence-corrected chi connectivity index (χ1v) is 7.27. The van der Waals surface area contributed by atoms with Gasteiger partial charge in [0.1, 0.15) is 0 Å². The molecule has 4 atom stereocenters. The van der Waals surface area contributed by atoms with Crippen molar-refractivity contribution < 1.29 is 5.11 Å². The third-order valence-corrected chi connectivity index (χ3v) is 4.66. The topological polar surface area (TPSA) is 49.5 Å². The van der Waals surface area contributed by atoms with Crippen LogP contribution in [0.5, 0.6) is 0 Å². The molecule has 0 amide bonds. The molecule has 2 aliphatic rings. The van der Waals surface area contributed by atoms with Crippen LogP contribution in [0.15, 0.2) is 0 Å². The van der Waals surface area contributed by atoms with Gasteiger partial charge in [0.25, 0.3) is 0 Å². The van der Waals surface area contributed by atoms with Crippen LogP contribution in [0.4, 0.5) is 0 Å². The van der Waals surface area contributed by atoms with E-state index in [4.69, 9.17) is 5.73 Å². The number of hydrogen-bond acceptors (Lipinski definition) is 3. The smallest absolute Gasteiger partial charge is 0.0471 e. The van der Waals surface area contributed by atoms with Gasteiger partial charge in [0.2, 0.25) is 0 Å². The van der Waals surface area contributed by atoms with E-state index >= 15 is 0 Å². The maximum Gasteiger partial charge on any atom is 0.0471 e. The van der Waals surface area contributed by atoms with Crippen molar-refractivity contribution in [2.24, 2.45) is 23.5 Å². The molecule has 0 aromatic heterocycles. The van der Waals surface area contributed by atoms with Crippen molar-refractivity contribution in [2.45, 2.75) is 45.1 Å². The zero-order valence-electron chi connectivity index (χ0n) is 11.1. The van der Waals surface area contributed by atoms with Crippen molar-refractivity contribution in [2.75, 3.05) is 26.2 Å². The molecule has 0 aromatic rings. The molecule has 1 saturated heterocycles. The summed E-state index contributed by atoms with van der Waals surface area (Å²) in [6.45, 7) is 6.14. The second kappa shape index (κ2) is 6.17. The van der Waals surface area contributed by atoms with Crippen LogP contribution < -0.4 is 5.73 Å². The average molecular weight is 240 g/mol. The third-order valence-electron chi connectivity index (χ3n) is 4.66. The number of nitrogens with zero attached hydrogens (tertiary/aromatic N) is 1. The van der Waals surface area contributed by atoms with E-state index < -0.39 is 0 Å². The zero-order chi connectivity index (χ0) is 12.3. The van der Waals surface area contributed by atoms with Crippen LogP contribution in [0.25, 0.3) is 0 Å². The van der Waals surface area contributed by atoms with Crippen molar-refractivity contribution in [1.29, 1.82) is 0 Å². The lowest BCUT2D eigenvalue weighted by atomic mass is 9.78. The van der Waals surface area contributed by atoms with E-state index in [2.05, 4.69) is 11.8 Å².